The van der Waals surface area contributed by atoms with Crippen LogP contribution in [0.3, 0.4) is 0 Å². The lowest BCUT2D eigenvalue weighted by Gasteiger charge is -2.25. The zero-order valence-corrected chi connectivity index (χ0v) is 10.1. The number of nitrogens with one attached hydrogen (secondary N) is 1. The molecule has 1 aliphatic carbocycles. The van der Waals surface area contributed by atoms with Crippen LogP contribution in [0.15, 0.2) is 12.4 Å². The molecule has 0 aliphatic heterocycles. The summed E-state index contributed by atoms with van der Waals surface area (Å²) >= 11 is 0. The first-order chi connectivity index (χ1) is 8.28. The Morgan fingerprint density at radius 1 is 1.35 bits per heavy atom. The van der Waals surface area contributed by atoms with Crippen molar-refractivity contribution in [3.63, 3.8) is 0 Å². The van der Waals surface area contributed by atoms with Crippen LogP contribution in [0.2, 0.25) is 0 Å². The highest BCUT2D eigenvalue weighted by Gasteiger charge is 2.19. The highest BCUT2D eigenvalue weighted by molar-refractivity contribution is 5.36. The summed E-state index contributed by atoms with van der Waals surface area (Å²) in [7, 11) is 1.59. The molecule has 0 amide bonds. The quantitative estimate of drug-likeness (QED) is 0.829. The first-order valence-electron chi connectivity index (χ1n) is 6.06. The summed E-state index contributed by atoms with van der Waals surface area (Å²) in [5, 5.41) is 12.7. The lowest BCUT2D eigenvalue weighted by Crippen LogP contribution is -2.23. The van der Waals surface area contributed by atoms with E-state index < -0.39 is 0 Å². The van der Waals surface area contributed by atoms with Crippen molar-refractivity contribution in [2.75, 3.05) is 19.0 Å². The molecule has 1 aromatic heterocycles. The monoisotopic (exact) mass is 237 g/mol. The second-order valence-corrected chi connectivity index (χ2v) is 4.50. The van der Waals surface area contributed by atoms with Gasteiger partial charge in [0.25, 0.3) is 0 Å². The van der Waals surface area contributed by atoms with Gasteiger partial charge in [-0.15, -0.1) is 0 Å². The third kappa shape index (κ3) is 3.56. The zero-order valence-electron chi connectivity index (χ0n) is 10.1. The minimum Gasteiger partial charge on any atom is -0.481 e. The fourth-order valence-electron chi connectivity index (χ4n) is 2.15. The molecule has 17 heavy (non-hydrogen) atoms. The van der Waals surface area contributed by atoms with E-state index in [2.05, 4.69) is 15.3 Å². The van der Waals surface area contributed by atoms with Crippen LogP contribution in [0.4, 0.5) is 5.82 Å². The van der Waals surface area contributed by atoms with Crippen molar-refractivity contribution in [3.8, 4) is 5.88 Å². The standard InChI is InChI=1S/C12H19N3O2/c1-17-12-6-11(14-8-15-12)13-7-9-2-4-10(16)5-3-9/h6,8-10,16H,2-5,7H2,1H3,(H,13,14,15). The number of hydrogen-bond acceptors (Lipinski definition) is 5. The van der Waals surface area contributed by atoms with Crippen LogP contribution in [0.1, 0.15) is 25.7 Å². The summed E-state index contributed by atoms with van der Waals surface area (Å²) in [4.78, 5) is 8.09. The van der Waals surface area contributed by atoms with Crippen LogP contribution in [-0.4, -0.2) is 34.8 Å². The molecule has 0 spiro atoms. The summed E-state index contributed by atoms with van der Waals surface area (Å²) in [5.41, 5.74) is 0. The minimum atomic E-state index is -0.0922. The van der Waals surface area contributed by atoms with E-state index in [0.29, 0.717) is 11.8 Å². The molecule has 1 heterocycles. The topological polar surface area (TPSA) is 67.3 Å². The molecular formula is C12H19N3O2. The maximum Gasteiger partial charge on any atom is 0.218 e. The van der Waals surface area contributed by atoms with Gasteiger partial charge >= 0.3 is 0 Å². The van der Waals surface area contributed by atoms with Crippen molar-refractivity contribution in [2.45, 2.75) is 31.8 Å². The number of anilines is 1. The Labute approximate surface area is 101 Å². The first-order valence-corrected chi connectivity index (χ1v) is 6.06. The average Bonchev–Trinajstić information content (AvgIpc) is 2.38. The lowest BCUT2D eigenvalue weighted by atomic mass is 9.87. The van der Waals surface area contributed by atoms with Gasteiger partial charge in [0, 0.05) is 12.6 Å². The molecule has 0 radical (unpaired) electrons. The van der Waals surface area contributed by atoms with Crippen LogP contribution in [0.25, 0.3) is 0 Å². The van der Waals surface area contributed by atoms with Crippen LogP contribution in [-0.2, 0) is 0 Å². The van der Waals surface area contributed by atoms with Gasteiger partial charge in [-0.2, -0.15) is 0 Å². The molecular weight excluding hydrogens is 218 g/mol. The molecule has 94 valence electrons. The number of methoxy groups -OCH3 is 1. The zero-order chi connectivity index (χ0) is 12.1. The van der Waals surface area contributed by atoms with E-state index in [-0.39, 0.29) is 6.10 Å². The highest BCUT2D eigenvalue weighted by atomic mass is 16.5. The lowest BCUT2D eigenvalue weighted by molar-refractivity contribution is 0.111. The predicted molar refractivity (Wildman–Crippen MR) is 65.0 cm³/mol. The fraction of sp³-hybridized carbons (Fsp3) is 0.667. The Bertz CT molecular complexity index is 351. The largest absolute Gasteiger partial charge is 0.481 e. The third-order valence-electron chi connectivity index (χ3n) is 3.24. The van der Waals surface area contributed by atoms with E-state index in [0.717, 1.165) is 38.0 Å². The van der Waals surface area contributed by atoms with E-state index in [4.69, 9.17) is 4.74 Å². The van der Waals surface area contributed by atoms with Crippen LogP contribution in [0.5, 0.6) is 5.88 Å². The van der Waals surface area contributed by atoms with Gasteiger partial charge < -0.3 is 15.2 Å². The van der Waals surface area contributed by atoms with Gasteiger partial charge in [-0.1, -0.05) is 0 Å². The van der Waals surface area contributed by atoms with Gasteiger partial charge in [-0.3, -0.25) is 0 Å². The molecule has 1 aliphatic rings. The van der Waals surface area contributed by atoms with Crippen molar-refractivity contribution in [2.24, 2.45) is 5.92 Å². The Morgan fingerprint density at radius 2 is 2.12 bits per heavy atom. The summed E-state index contributed by atoms with van der Waals surface area (Å²) in [6, 6.07) is 1.79. The number of hydrogen-bond donors (Lipinski definition) is 2. The van der Waals surface area contributed by atoms with E-state index in [1.807, 2.05) is 0 Å². The minimum absolute atomic E-state index is 0.0922. The van der Waals surface area contributed by atoms with Crippen molar-refractivity contribution >= 4 is 5.82 Å². The first kappa shape index (κ1) is 12.1. The van der Waals surface area contributed by atoms with Gasteiger partial charge in [-0.25, -0.2) is 9.97 Å². The van der Waals surface area contributed by atoms with Gasteiger partial charge in [0.2, 0.25) is 5.88 Å². The molecule has 0 bridgehead atoms. The van der Waals surface area contributed by atoms with Gasteiger partial charge in [-0.05, 0) is 31.6 Å². The van der Waals surface area contributed by atoms with Crippen molar-refractivity contribution < 1.29 is 9.84 Å². The Balaban J connectivity index is 1.81. The number of ether oxygens (including phenoxy) is 1. The fourth-order valence-corrected chi connectivity index (χ4v) is 2.15. The normalized spacial score (nSPS) is 24.4. The second-order valence-electron chi connectivity index (χ2n) is 4.50. The average molecular weight is 237 g/mol. The van der Waals surface area contributed by atoms with Crippen LogP contribution in [0, 0.1) is 5.92 Å². The maximum absolute atomic E-state index is 9.42. The third-order valence-corrected chi connectivity index (χ3v) is 3.24. The molecule has 0 atom stereocenters. The number of nitrogens with zero attached hydrogens (tertiary/aromatic N) is 2. The summed E-state index contributed by atoms with van der Waals surface area (Å²) in [6.45, 7) is 0.896. The number of rotatable bonds is 4. The Morgan fingerprint density at radius 3 is 2.82 bits per heavy atom. The Kier molecular flexibility index (Phi) is 4.14. The van der Waals surface area contributed by atoms with Crippen molar-refractivity contribution in [1.82, 2.24) is 9.97 Å². The summed E-state index contributed by atoms with van der Waals surface area (Å²) in [6.07, 6.45) is 5.39. The van der Waals surface area contributed by atoms with E-state index >= 15 is 0 Å². The van der Waals surface area contributed by atoms with Crippen molar-refractivity contribution in [3.05, 3.63) is 12.4 Å². The van der Waals surface area contributed by atoms with E-state index in [9.17, 15) is 5.11 Å². The smallest absolute Gasteiger partial charge is 0.218 e. The molecule has 5 nitrogen and oxygen atoms in total. The summed E-state index contributed by atoms with van der Waals surface area (Å²) in [5.74, 6) is 1.99. The Hall–Kier alpha value is -1.36. The maximum atomic E-state index is 9.42. The molecule has 1 fully saturated rings. The van der Waals surface area contributed by atoms with Gasteiger partial charge in [0.05, 0.1) is 13.2 Å². The highest BCUT2D eigenvalue weighted by Crippen LogP contribution is 2.24. The molecule has 0 aromatic carbocycles. The molecule has 1 saturated carbocycles. The SMILES string of the molecule is COc1cc(NCC2CCC(O)CC2)ncn1. The predicted octanol–water partition coefficient (Wildman–Crippen LogP) is 1.45. The van der Waals surface area contributed by atoms with E-state index in [1.54, 1.807) is 13.2 Å². The molecule has 0 unspecified atom stereocenters. The second kappa shape index (κ2) is 5.82. The van der Waals surface area contributed by atoms with Crippen molar-refractivity contribution in [1.29, 1.82) is 0 Å². The number of aromatic nitrogens is 2. The summed E-state index contributed by atoms with van der Waals surface area (Å²) < 4.78 is 5.04. The molecule has 1 aromatic rings. The number of aliphatic hydroxyl groups excluding tert-OH is 1. The molecule has 2 rings (SSSR count). The van der Waals surface area contributed by atoms with Gasteiger partial charge in [0.1, 0.15) is 12.1 Å². The van der Waals surface area contributed by atoms with Gasteiger partial charge in [0.15, 0.2) is 0 Å². The van der Waals surface area contributed by atoms with E-state index in [1.165, 1.54) is 6.33 Å². The molecule has 2 N–H and O–H groups in total. The molecule has 0 saturated heterocycles. The van der Waals surface area contributed by atoms with Crippen LogP contribution >= 0.6 is 0 Å². The molecule has 5 heteroatoms. The van der Waals surface area contributed by atoms with Crippen LogP contribution < -0.4 is 10.1 Å². The number of aliphatic hydroxyl groups is 1.